The van der Waals surface area contributed by atoms with Crippen LogP contribution in [0, 0.1) is 0 Å². The van der Waals surface area contributed by atoms with Crippen LogP contribution in [0.2, 0.25) is 0 Å². The molecule has 31 heavy (non-hydrogen) atoms. The van der Waals surface area contributed by atoms with Gasteiger partial charge < -0.3 is 15.2 Å². The molecule has 160 valence electrons. The summed E-state index contributed by atoms with van der Waals surface area (Å²) < 4.78 is 2.03. The molecule has 4 rings (SSSR count). The Balaban J connectivity index is 1.55. The Morgan fingerprint density at radius 3 is 2.39 bits per heavy atom. The van der Waals surface area contributed by atoms with E-state index in [1.807, 2.05) is 65.2 Å². The lowest BCUT2D eigenvalue weighted by atomic mass is 10.0. The Hall–Kier alpha value is -3.34. The van der Waals surface area contributed by atoms with E-state index < -0.39 is 0 Å². The van der Waals surface area contributed by atoms with E-state index >= 15 is 0 Å². The van der Waals surface area contributed by atoms with Crippen molar-refractivity contribution >= 4 is 11.8 Å². The van der Waals surface area contributed by atoms with Gasteiger partial charge in [-0.2, -0.15) is 0 Å². The Kier molecular flexibility index (Phi) is 6.51. The first-order valence-corrected chi connectivity index (χ1v) is 11.1. The van der Waals surface area contributed by atoms with Crippen LogP contribution in [0.1, 0.15) is 69.9 Å². The van der Waals surface area contributed by atoms with E-state index in [4.69, 9.17) is 0 Å². The van der Waals surface area contributed by atoms with Crippen LogP contribution in [0.4, 0.5) is 0 Å². The van der Waals surface area contributed by atoms with E-state index in [0.717, 1.165) is 49.0 Å². The van der Waals surface area contributed by atoms with Crippen LogP contribution in [-0.2, 0) is 19.5 Å². The Morgan fingerprint density at radius 1 is 0.968 bits per heavy atom. The summed E-state index contributed by atoms with van der Waals surface area (Å²) in [6.07, 6.45) is 3.67. The van der Waals surface area contributed by atoms with Crippen LogP contribution in [0.25, 0.3) is 0 Å². The van der Waals surface area contributed by atoms with Gasteiger partial charge in [0.25, 0.3) is 11.8 Å². The molecule has 1 aliphatic rings. The number of amides is 2. The molecule has 0 bridgehead atoms. The predicted molar refractivity (Wildman–Crippen MR) is 122 cm³/mol. The SMILES string of the molecule is CCC(NC(=O)c1cc(C(=O)NCc2ccccc2)n2c1CCCC2)c1ccccc1. The van der Waals surface area contributed by atoms with Crippen molar-refractivity contribution in [3.63, 3.8) is 0 Å². The number of carbonyl (C=O) groups is 2. The minimum absolute atomic E-state index is 0.0526. The zero-order valence-corrected chi connectivity index (χ0v) is 17.9. The molecule has 0 aliphatic carbocycles. The predicted octanol–water partition coefficient (Wildman–Crippen LogP) is 4.64. The summed E-state index contributed by atoms with van der Waals surface area (Å²) in [5, 5.41) is 6.18. The maximum atomic E-state index is 13.2. The van der Waals surface area contributed by atoms with Gasteiger partial charge in [-0.3, -0.25) is 9.59 Å². The number of benzene rings is 2. The molecule has 0 spiro atoms. The minimum atomic E-state index is -0.138. The van der Waals surface area contributed by atoms with Crippen molar-refractivity contribution in [1.29, 1.82) is 0 Å². The van der Waals surface area contributed by atoms with Gasteiger partial charge in [-0.1, -0.05) is 67.6 Å². The van der Waals surface area contributed by atoms with Gasteiger partial charge in [0, 0.05) is 18.8 Å². The fraction of sp³-hybridized carbons (Fsp3) is 0.308. The van der Waals surface area contributed by atoms with Gasteiger partial charge in [0.15, 0.2) is 0 Å². The van der Waals surface area contributed by atoms with Crippen molar-refractivity contribution < 1.29 is 9.59 Å². The second-order valence-electron chi connectivity index (χ2n) is 8.01. The molecule has 1 aliphatic heterocycles. The molecule has 2 aromatic carbocycles. The first-order chi connectivity index (χ1) is 15.2. The van der Waals surface area contributed by atoms with Gasteiger partial charge in [0.1, 0.15) is 5.69 Å². The maximum Gasteiger partial charge on any atom is 0.268 e. The zero-order chi connectivity index (χ0) is 21.6. The molecule has 5 heteroatoms. The summed E-state index contributed by atoms with van der Waals surface area (Å²) in [6, 6.07) is 21.6. The molecule has 1 atom stereocenters. The van der Waals surface area contributed by atoms with Crippen LogP contribution in [0.5, 0.6) is 0 Å². The summed E-state index contributed by atoms with van der Waals surface area (Å²) in [6.45, 7) is 3.30. The van der Waals surface area contributed by atoms with E-state index in [2.05, 4.69) is 17.6 Å². The number of fused-ring (bicyclic) bond motifs is 1. The lowest BCUT2D eigenvalue weighted by Gasteiger charge is -2.20. The molecule has 0 fully saturated rings. The molecule has 1 aromatic heterocycles. The van der Waals surface area contributed by atoms with E-state index in [0.29, 0.717) is 17.8 Å². The number of carbonyl (C=O) groups excluding carboxylic acids is 2. The molecule has 2 amide bonds. The summed E-state index contributed by atoms with van der Waals surface area (Å²) in [5.41, 5.74) is 4.30. The van der Waals surface area contributed by atoms with Crippen LogP contribution in [-0.4, -0.2) is 16.4 Å². The summed E-state index contributed by atoms with van der Waals surface area (Å²) in [4.78, 5) is 26.2. The Labute approximate surface area is 183 Å². The molecule has 3 aromatic rings. The molecule has 0 saturated carbocycles. The van der Waals surface area contributed by atoms with E-state index in [1.54, 1.807) is 6.07 Å². The molecular weight excluding hydrogens is 386 g/mol. The van der Waals surface area contributed by atoms with E-state index in [1.165, 1.54) is 0 Å². The first-order valence-electron chi connectivity index (χ1n) is 11.1. The second-order valence-corrected chi connectivity index (χ2v) is 8.01. The number of nitrogens with zero attached hydrogens (tertiary/aromatic N) is 1. The maximum absolute atomic E-state index is 13.2. The highest BCUT2D eigenvalue weighted by Crippen LogP contribution is 2.25. The van der Waals surface area contributed by atoms with Gasteiger partial charge in [0.2, 0.25) is 0 Å². The highest BCUT2D eigenvalue weighted by atomic mass is 16.2. The average Bonchev–Trinajstić information content (AvgIpc) is 3.22. The number of nitrogens with one attached hydrogen (secondary N) is 2. The highest BCUT2D eigenvalue weighted by molar-refractivity contribution is 6.00. The quantitative estimate of drug-likeness (QED) is 0.591. The van der Waals surface area contributed by atoms with Gasteiger partial charge in [-0.15, -0.1) is 0 Å². The topological polar surface area (TPSA) is 63.1 Å². The minimum Gasteiger partial charge on any atom is -0.347 e. The van der Waals surface area contributed by atoms with Crippen molar-refractivity contribution in [3.8, 4) is 0 Å². The summed E-state index contributed by atoms with van der Waals surface area (Å²) in [7, 11) is 0. The first kappa shape index (κ1) is 20.9. The smallest absolute Gasteiger partial charge is 0.268 e. The van der Waals surface area contributed by atoms with Crippen LogP contribution >= 0.6 is 0 Å². The van der Waals surface area contributed by atoms with Gasteiger partial charge >= 0.3 is 0 Å². The molecule has 0 saturated heterocycles. The third-order valence-electron chi connectivity index (χ3n) is 5.94. The lowest BCUT2D eigenvalue weighted by Crippen LogP contribution is -2.29. The fourth-order valence-electron chi connectivity index (χ4n) is 4.27. The molecule has 0 radical (unpaired) electrons. The second kappa shape index (κ2) is 9.65. The molecular formula is C26H29N3O2. The highest BCUT2D eigenvalue weighted by Gasteiger charge is 2.26. The van der Waals surface area contributed by atoms with Crippen molar-refractivity contribution in [3.05, 3.63) is 94.8 Å². The third kappa shape index (κ3) is 4.71. The van der Waals surface area contributed by atoms with Gasteiger partial charge in [-0.05, 0) is 42.9 Å². The van der Waals surface area contributed by atoms with E-state index in [-0.39, 0.29) is 17.9 Å². The fourth-order valence-corrected chi connectivity index (χ4v) is 4.27. The van der Waals surface area contributed by atoms with Crippen molar-refractivity contribution in [2.45, 2.75) is 51.7 Å². The van der Waals surface area contributed by atoms with E-state index in [9.17, 15) is 9.59 Å². The summed E-state index contributed by atoms with van der Waals surface area (Å²) >= 11 is 0. The molecule has 1 unspecified atom stereocenters. The third-order valence-corrected chi connectivity index (χ3v) is 5.94. The zero-order valence-electron chi connectivity index (χ0n) is 17.9. The van der Waals surface area contributed by atoms with Gasteiger partial charge in [0.05, 0.1) is 11.6 Å². The van der Waals surface area contributed by atoms with Crippen molar-refractivity contribution in [1.82, 2.24) is 15.2 Å². The number of rotatable bonds is 7. The van der Waals surface area contributed by atoms with Crippen molar-refractivity contribution in [2.75, 3.05) is 0 Å². The summed E-state index contributed by atoms with van der Waals surface area (Å²) in [5.74, 6) is -0.246. The standard InChI is InChI=1S/C26H29N3O2/c1-2-22(20-13-7-4-8-14-20)28-25(30)21-17-24(29-16-10-9-15-23(21)29)26(31)27-18-19-11-5-3-6-12-19/h3-8,11-14,17,22H,2,9-10,15-16,18H2,1H3,(H,27,31)(H,28,30). The number of aromatic nitrogens is 1. The van der Waals surface area contributed by atoms with Crippen molar-refractivity contribution in [2.24, 2.45) is 0 Å². The molecule has 2 heterocycles. The monoisotopic (exact) mass is 415 g/mol. The molecule has 2 N–H and O–H groups in total. The lowest BCUT2D eigenvalue weighted by molar-refractivity contribution is 0.0930. The number of hydrogen-bond donors (Lipinski definition) is 2. The molecule has 5 nitrogen and oxygen atoms in total. The Bertz CT molecular complexity index is 1040. The number of hydrogen-bond acceptors (Lipinski definition) is 2. The van der Waals surface area contributed by atoms with Crippen LogP contribution < -0.4 is 10.6 Å². The Morgan fingerprint density at radius 2 is 1.68 bits per heavy atom. The normalized spacial score (nSPS) is 13.8. The van der Waals surface area contributed by atoms with Crippen LogP contribution in [0.15, 0.2) is 66.7 Å². The van der Waals surface area contributed by atoms with Gasteiger partial charge in [-0.25, -0.2) is 0 Å². The largest absolute Gasteiger partial charge is 0.347 e. The van der Waals surface area contributed by atoms with Crippen LogP contribution in [0.3, 0.4) is 0 Å². The average molecular weight is 416 g/mol.